The van der Waals surface area contributed by atoms with Crippen molar-refractivity contribution in [2.45, 2.75) is 51.3 Å². The molecule has 2 N–H and O–H groups in total. The van der Waals surface area contributed by atoms with E-state index in [0.717, 1.165) is 19.4 Å². The molecule has 2 fully saturated rings. The molecule has 236 valence electrons. The van der Waals surface area contributed by atoms with Crippen LogP contribution in [0.25, 0.3) is 32.9 Å². The van der Waals surface area contributed by atoms with Gasteiger partial charge in [-0.05, 0) is 72.7 Å². The van der Waals surface area contributed by atoms with Gasteiger partial charge in [-0.1, -0.05) is 13.0 Å². The second kappa shape index (κ2) is 13.4. The van der Waals surface area contributed by atoms with Gasteiger partial charge in [0.25, 0.3) is 0 Å². The minimum atomic E-state index is -1.00. The number of phenols is 1. The van der Waals surface area contributed by atoms with Crippen molar-refractivity contribution in [3.05, 3.63) is 47.7 Å². The number of pyridine rings is 1. The molecule has 4 heterocycles. The molecule has 6 rings (SSSR count). The van der Waals surface area contributed by atoms with Crippen molar-refractivity contribution in [1.29, 1.82) is 5.26 Å². The van der Waals surface area contributed by atoms with Crippen LogP contribution in [-0.4, -0.2) is 71.7 Å². The average molecular weight is 621 g/mol. The van der Waals surface area contributed by atoms with Crippen molar-refractivity contribution in [2.75, 3.05) is 44.3 Å². The maximum Gasteiger partial charge on any atom is 0.319 e. The van der Waals surface area contributed by atoms with Crippen LogP contribution < -0.4 is 15.0 Å². The van der Waals surface area contributed by atoms with Crippen LogP contribution in [-0.2, 0) is 11.2 Å². The van der Waals surface area contributed by atoms with Gasteiger partial charge in [-0.25, -0.2) is 13.2 Å². The molecule has 0 radical (unpaired) electrons. The molecule has 0 aliphatic carbocycles. The summed E-state index contributed by atoms with van der Waals surface area (Å²) < 4.78 is 57.8. The summed E-state index contributed by atoms with van der Waals surface area (Å²) >= 11 is 0. The highest BCUT2D eigenvalue weighted by molar-refractivity contribution is 6.01. The second-order valence-corrected chi connectivity index (χ2v) is 11.6. The predicted molar refractivity (Wildman–Crippen MR) is 164 cm³/mol. The molecule has 2 aromatic carbocycles. The van der Waals surface area contributed by atoms with Crippen LogP contribution in [0.5, 0.6) is 11.8 Å². The quantitative estimate of drug-likeness (QED) is 0.272. The van der Waals surface area contributed by atoms with Crippen LogP contribution >= 0.6 is 0 Å². The number of alkyl halides is 1. The molecular weight excluding hydrogens is 585 g/mol. The molecule has 12 heteroatoms. The van der Waals surface area contributed by atoms with Gasteiger partial charge in [-0.2, -0.15) is 15.2 Å². The lowest BCUT2D eigenvalue weighted by atomic mass is 9.94. The Morgan fingerprint density at radius 3 is 2.93 bits per heavy atom. The normalized spacial score (nSPS) is 21.0. The van der Waals surface area contributed by atoms with Gasteiger partial charge in [-0.3, -0.25) is 4.98 Å². The second-order valence-electron chi connectivity index (χ2n) is 11.6. The number of morpholine rings is 1. The number of hydrogen-bond donors (Lipinski definition) is 2. The molecule has 3 atom stereocenters. The van der Waals surface area contributed by atoms with E-state index in [2.05, 4.69) is 26.3 Å². The zero-order chi connectivity index (χ0) is 31.5. The van der Waals surface area contributed by atoms with Crippen molar-refractivity contribution >= 4 is 27.5 Å². The van der Waals surface area contributed by atoms with Crippen molar-refractivity contribution in [3.63, 3.8) is 0 Å². The molecule has 2 aromatic heterocycles. The van der Waals surface area contributed by atoms with Crippen LogP contribution in [0.2, 0.25) is 0 Å². The molecule has 9 nitrogen and oxygen atoms in total. The van der Waals surface area contributed by atoms with Crippen molar-refractivity contribution in [3.8, 4) is 29.1 Å². The van der Waals surface area contributed by atoms with E-state index in [4.69, 9.17) is 9.47 Å². The summed E-state index contributed by atoms with van der Waals surface area (Å²) in [5.41, 5.74) is 0.463. The topological polar surface area (TPSA) is 116 Å². The number of phenolic OH excluding ortho intramolecular Hbond substituents is 1. The maximum atomic E-state index is 16.7. The number of aromatic nitrogens is 3. The highest BCUT2D eigenvalue weighted by Crippen LogP contribution is 2.39. The third kappa shape index (κ3) is 6.46. The molecule has 0 bridgehead atoms. The van der Waals surface area contributed by atoms with Crippen LogP contribution in [0.15, 0.2) is 30.5 Å². The lowest BCUT2D eigenvalue weighted by Gasteiger charge is -2.33. The lowest BCUT2D eigenvalue weighted by molar-refractivity contribution is 0.0436. The Morgan fingerprint density at radius 2 is 2.11 bits per heavy atom. The summed E-state index contributed by atoms with van der Waals surface area (Å²) in [7, 11) is 0. The molecule has 1 unspecified atom stereocenters. The Bertz CT molecular complexity index is 1750. The summed E-state index contributed by atoms with van der Waals surface area (Å²) in [6.45, 7) is 4.12. The van der Waals surface area contributed by atoms with Crippen LogP contribution in [0, 0.1) is 28.9 Å². The van der Waals surface area contributed by atoms with Crippen LogP contribution in [0.4, 0.5) is 19.0 Å². The van der Waals surface area contributed by atoms with Gasteiger partial charge in [0.2, 0.25) is 0 Å². The number of nitrogens with zero attached hydrogens (tertiary/aromatic N) is 5. The first-order valence-corrected chi connectivity index (χ1v) is 15.4. The Hall–Kier alpha value is -4.21. The summed E-state index contributed by atoms with van der Waals surface area (Å²) in [5.74, 6) is -1.00. The van der Waals surface area contributed by atoms with Gasteiger partial charge < -0.3 is 24.8 Å². The number of aryl methyl sites for hydroxylation is 1. The third-order valence-corrected chi connectivity index (χ3v) is 8.53. The Morgan fingerprint density at radius 1 is 1.24 bits per heavy atom. The molecular formula is C33H35F3N6O3. The number of nitrogens with one attached hydrogen (secondary N) is 1. The number of anilines is 1. The van der Waals surface area contributed by atoms with Crippen LogP contribution in [0.1, 0.15) is 38.2 Å². The number of benzene rings is 2. The molecule has 2 aliphatic heterocycles. The van der Waals surface area contributed by atoms with Gasteiger partial charge in [0, 0.05) is 31.4 Å². The van der Waals surface area contributed by atoms with E-state index < -0.39 is 17.8 Å². The fourth-order valence-corrected chi connectivity index (χ4v) is 6.37. The highest BCUT2D eigenvalue weighted by Gasteiger charge is 2.28. The molecule has 4 aromatic rings. The average Bonchev–Trinajstić information content (AvgIpc) is 3.02. The number of fused-ring (bicyclic) bond motifs is 2. The summed E-state index contributed by atoms with van der Waals surface area (Å²) in [4.78, 5) is 15.5. The molecule has 0 saturated carbocycles. The number of hydrogen-bond acceptors (Lipinski definition) is 9. The SMILES string of the molecule is CCc1c(F)ccc2cc(O)cc(-c3ncc4c(N5CCOC(CC#N)C5)nc(OC[C@@H]5CCCNC[C@H](F)C5)nc4c3F)c12. The van der Waals surface area contributed by atoms with E-state index >= 15 is 4.39 Å². The Labute approximate surface area is 259 Å². The summed E-state index contributed by atoms with van der Waals surface area (Å²) in [5, 5.41) is 24.2. The standard InChI is InChI=1S/C33H35F3N6O3/c1-2-24-27(35)6-5-20-13-22(43)14-25(28(20)24)30-29(36)31-26(16-39-30)32(42-10-11-44-23(17-42)7-8-37)41-33(40-31)45-18-19-4-3-9-38-15-21(34)12-19/h5-6,13-14,16,19,21,23,38,43H,2-4,7,9-12,15,17-18H2,1H3/t19-,21-,23?/m1/s1. The fourth-order valence-electron chi connectivity index (χ4n) is 6.37. The lowest BCUT2D eigenvalue weighted by Crippen LogP contribution is -2.43. The summed E-state index contributed by atoms with van der Waals surface area (Å²) in [6.07, 6.45) is 2.60. The van der Waals surface area contributed by atoms with Crippen molar-refractivity contribution < 1.29 is 27.8 Å². The van der Waals surface area contributed by atoms with E-state index in [-0.39, 0.29) is 53.6 Å². The molecule has 2 aliphatic rings. The Balaban J connectivity index is 1.47. The maximum absolute atomic E-state index is 16.7. The zero-order valence-corrected chi connectivity index (χ0v) is 25.0. The first-order valence-electron chi connectivity index (χ1n) is 15.4. The molecule has 45 heavy (non-hydrogen) atoms. The van der Waals surface area contributed by atoms with E-state index in [1.54, 1.807) is 13.0 Å². The van der Waals surface area contributed by atoms with Gasteiger partial charge in [0.15, 0.2) is 5.82 Å². The third-order valence-electron chi connectivity index (χ3n) is 8.53. The molecule has 0 amide bonds. The highest BCUT2D eigenvalue weighted by atomic mass is 19.1. The first-order chi connectivity index (χ1) is 21.9. The largest absolute Gasteiger partial charge is 0.508 e. The first kappa shape index (κ1) is 30.8. The van der Waals surface area contributed by atoms with Crippen molar-refractivity contribution in [1.82, 2.24) is 20.3 Å². The van der Waals surface area contributed by atoms with Crippen molar-refractivity contribution in [2.24, 2.45) is 5.92 Å². The Kier molecular flexibility index (Phi) is 9.19. The minimum absolute atomic E-state index is 0.0560. The van der Waals surface area contributed by atoms with E-state index in [1.807, 2.05) is 4.90 Å². The minimum Gasteiger partial charge on any atom is -0.508 e. The molecule has 0 spiro atoms. The van der Waals surface area contributed by atoms with E-state index in [1.165, 1.54) is 24.4 Å². The van der Waals surface area contributed by atoms with Gasteiger partial charge in [-0.15, -0.1) is 0 Å². The number of halogens is 3. The smallest absolute Gasteiger partial charge is 0.319 e. The van der Waals surface area contributed by atoms with E-state index in [9.17, 15) is 19.1 Å². The molecule has 2 saturated heterocycles. The van der Waals surface area contributed by atoms with Crippen LogP contribution in [0.3, 0.4) is 0 Å². The number of ether oxygens (including phenoxy) is 2. The number of nitriles is 1. The predicted octanol–water partition coefficient (Wildman–Crippen LogP) is 5.62. The van der Waals surface area contributed by atoms with Gasteiger partial charge in [0.1, 0.15) is 34.8 Å². The number of aromatic hydroxyl groups is 1. The van der Waals surface area contributed by atoms with Gasteiger partial charge in [0.05, 0.1) is 37.2 Å². The number of rotatable bonds is 7. The summed E-state index contributed by atoms with van der Waals surface area (Å²) in [6, 6.07) is 7.83. The fraction of sp³-hybridized carbons (Fsp3) is 0.455. The van der Waals surface area contributed by atoms with Gasteiger partial charge >= 0.3 is 6.01 Å². The zero-order valence-electron chi connectivity index (χ0n) is 25.0. The van der Waals surface area contributed by atoms with E-state index in [0.29, 0.717) is 66.6 Å². The monoisotopic (exact) mass is 620 g/mol.